The molecule has 1 aromatic heterocycles. The van der Waals surface area contributed by atoms with Crippen molar-refractivity contribution in [2.45, 2.75) is 19.3 Å². The quantitative estimate of drug-likeness (QED) is 0.678. The molecule has 0 amide bonds. The summed E-state index contributed by atoms with van der Waals surface area (Å²) in [4.78, 5) is 12.3. The number of carbonyl (C=O) groups excluding carboxylic acids is 1. The molecule has 2 nitrogen and oxygen atoms in total. The maximum atomic E-state index is 11.7. The number of carbonyl (C=O) groups is 1. The van der Waals surface area contributed by atoms with Gasteiger partial charge in [-0.1, -0.05) is 6.07 Å². The van der Waals surface area contributed by atoms with E-state index >= 15 is 0 Å². The fourth-order valence-electron chi connectivity index (χ4n) is 1.05. The Bertz CT molecular complexity index is 286. The van der Waals surface area contributed by atoms with Crippen LogP contribution in [0.1, 0.15) is 11.3 Å². The Kier molecular flexibility index (Phi) is 5.42. The molecule has 0 aromatic carbocycles. The Morgan fingerprint density at radius 2 is 2.33 bits per heavy atom. The van der Waals surface area contributed by atoms with Crippen molar-refractivity contribution in [1.29, 1.82) is 0 Å². The van der Waals surface area contributed by atoms with Gasteiger partial charge in [-0.3, -0.25) is 4.79 Å². The summed E-state index contributed by atoms with van der Waals surface area (Å²) in [5, 5.41) is 1.90. The molecule has 84 valence electrons. The third kappa shape index (κ3) is 5.59. The third-order valence-corrected chi connectivity index (χ3v) is 2.60. The van der Waals surface area contributed by atoms with Crippen molar-refractivity contribution in [2.24, 2.45) is 0 Å². The van der Waals surface area contributed by atoms with E-state index in [2.05, 4.69) is 4.74 Å². The summed E-state index contributed by atoms with van der Waals surface area (Å²) in [5.74, 6) is 0.0201. The van der Waals surface area contributed by atoms with Gasteiger partial charge in [0.2, 0.25) is 0 Å². The molecule has 0 bridgehead atoms. The van der Waals surface area contributed by atoms with E-state index in [1.54, 1.807) is 0 Å². The van der Waals surface area contributed by atoms with Crippen LogP contribution >= 0.6 is 11.3 Å². The number of thiophene rings is 1. The Morgan fingerprint density at radius 1 is 1.53 bits per heavy atom. The molecule has 0 aliphatic heterocycles. The highest BCUT2D eigenvalue weighted by atomic mass is 32.1. The van der Waals surface area contributed by atoms with Crippen LogP contribution in [-0.4, -0.2) is 25.4 Å². The minimum Gasteiger partial charge on any atom is -0.375 e. The lowest BCUT2D eigenvalue weighted by Crippen LogP contribution is -2.10. The third-order valence-electron chi connectivity index (χ3n) is 1.72. The topological polar surface area (TPSA) is 26.3 Å². The molecule has 0 fully saturated rings. The fourth-order valence-corrected chi connectivity index (χ4v) is 1.79. The van der Waals surface area contributed by atoms with Gasteiger partial charge >= 0.3 is 0 Å². The lowest BCUT2D eigenvalue weighted by atomic mass is 10.2. The summed E-state index contributed by atoms with van der Waals surface area (Å²) in [5.41, 5.74) is 0. The second-order valence-corrected chi connectivity index (χ2v) is 4.04. The van der Waals surface area contributed by atoms with Gasteiger partial charge in [-0.05, 0) is 11.4 Å². The van der Waals surface area contributed by atoms with Crippen LogP contribution in [0, 0.1) is 0 Å². The average Bonchev–Trinajstić information content (AvgIpc) is 2.64. The molecule has 0 atom stereocenters. The van der Waals surface area contributed by atoms with Crippen LogP contribution in [-0.2, 0) is 16.0 Å². The Hall–Kier alpha value is -0.810. The minimum absolute atomic E-state index is 0.0201. The van der Waals surface area contributed by atoms with Crippen LogP contribution in [0.3, 0.4) is 0 Å². The summed E-state index contributed by atoms with van der Waals surface area (Å²) in [6.07, 6.45) is -1.89. The molecule has 0 unspecified atom stereocenters. The molecule has 1 heterocycles. The SMILES string of the molecule is O=C(CCOCC(F)F)Cc1cccs1. The predicted octanol–water partition coefficient (Wildman–Crippen LogP) is 2.53. The average molecular weight is 234 g/mol. The van der Waals surface area contributed by atoms with E-state index in [0.29, 0.717) is 6.42 Å². The predicted molar refractivity (Wildman–Crippen MR) is 54.5 cm³/mol. The van der Waals surface area contributed by atoms with E-state index in [0.717, 1.165) is 4.88 Å². The molecule has 0 N–H and O–H groups in total. The molecule has 1 rings (SSSR count). The lowest BCUT2D eigenvalue weighted by molar-refractivity contribution is -0.119. The van der Waals surface area contributed by atoms with Crippen molar-refractivity contribution in [3.63, 3.8) is 0 Å². The van der Waals surface area contributed by atoms with Gasteiger partial charge in [0.05, 0.1) is 6.61 Å². The molecule has 0 aliphatic carbocycles. The van der Waals surface area contributed by atoms with Crippen LogP contribution in [0.5, 0.6) is 0 Å². The second-order valence-electron chi connectivity index (χ2n) is 3.01. The van der Waals surface area contributed by atoms with E-state index in [4.69, 9.17) is 0 Å². The van der Waals surface area contributed by atoms with Crippen molar-refractivity contribution < 1.29 is 18.3 Å². The minimum atomic E-state index is -2.46. The summed E-state index contributed by atoms with van der Waals surface area (Å²) < 4.78 is 27.9. The monoisotopic (exact) mass is 234 g/mol. The number of hydrogen-bond acceptors (Lipinski definition) is 3. The first-order chi connectivity index (χ1) is 7.18. The van der Waals surface area contributed by atoms with Crippen LogP contribution in [0.4, 0.5) is 8.78 Å². The molecule has 5 heteroatoms. The van der Waals surface area contributed by atoms with Crippen LogP contribution in [0.25, 0.3) is 0 Å². The van der Waals surface area contributed by atoms with E-state index < -0.39 is 13.0 Å². The molecule has 0 aliphatic rings. The highest BCUT2D eigenvalue weighted by Gasteiger charge is 2.06. The number of ether oxygens (including phenoxy) is 1. The first-order valence-corrected chi connectivity index (χ1v) is 5.46. The van der Waals surface area contributed by atoms with Gasteiger partial charge in [-0.25, -0.2) is 8.78 Å². The van der Waals surface area contributed by atoms with Crippen molar-refractivity contribution in [2.75, 3.05) is 13.2 Å². The number of halogens is 2. The zero-order valence-corrected chi connectivity index (χ0v) is 8.93. The van der Waals surface area contributed by atoms with Crippen molar-refractivity contribution in [3.05, 3.63) is 22.4 Å². The first-order valence-electron chi connectivity index (χ1n) is 4.58. The van der Waals surface area contributed by atoms with Gasteiger partial charge in [0.15, 0.2) is 0 Å². The Balaban J connectivity index is 2.09. The van der Waals surface area contributed by atoms with E-state index in [-0.39, 0.29) is 18.8 Å². The molecular formula is C10H12F2O2S. The van der Waals surface area contributed by atoms with E-state index in [1.807, 2.05) is 17.5 Å². The summed E-state index contributed by atoms with van der Waals surface area (Å²) in [6, 6.07) is 3.75. The van der Waals surface area contributed by atoms with Crippen LogP contribution < -0.4 is 0 Å². The maximum Gasteiger partial charge on any atom is 0.261 e. The normalized spacial score (nSPS) is 10.9. The number of ketones is 1. The van der Waals surface area contributed by atoms with Gasteiger partial charge in [0, 0.05) is 17.7 Å². The summed E-state index contributed by atoms with van der Waals surface area (Å²) in [7, 11) is 0. The highest BCUT2D eigenvalue weighted by molar-refractivity contribution is 7.10. The Labute approximate surface area is 90.9 Å². The standard InChI is InChI=1S/C10H12F2O2S/c11-10(12)7-14-4-3-8(13)6-9-2-1-5-15-9/h1-2,5,10H,3-4,6-7H2. The zero-order chi connectivity index (χ0) is 11.1. The Morgan fingerprint density at radius 3 is 2.93 bits per heavy atom. The van der Waals surface area contributed by atoms with Crippen LogP contribution in [0.2, 0.25) is 0 Å². The summed E-state index contributed by atoms with van der Waals surface area (Å²) >= 11 is 1.51. The van der Waals surface area contributed by atoms with Crippen molar-refractivity contribution in [1.82, 2.24) is 0 Å². The summed E-state index contributed by atoms with van der Waals surface area (Å²) in [6.45, 7) is -0.513. The maximum absolute atomic E-state index is 11.7. The molecule has 0 radical (unpaired) electrons. The number of alkyl halides is 2. The highest BCUT2D eigenvalue weighted by Crippen LogP contribution is 2.10. The smallest absolute Gasteiger partial charge is 0.261 e. The number of hydrogen-bond donors (Lipinski definition) is 0. The van der Waals surface area contributed by atoms with E-state index in [9.17, 15) is 13.6 Å². The first kappa shape index (κ1) is 12.3. The lowest BCUT2D eigenvalue weighted by Gasteiger charge is -2.02. The van der Waals surface area contributed by atoms with Crippen LogP contribution in [0.15, 0.2) is 17.5 Å². The molecule has 0 saturated carbocycles. The zero-order valence-electron chi connectivity index (χ0n) is 8.12. The van der Waals surface area contributed by atoms with Gasteiger partial charge < -0.3 is 4.74 Å². The molecule has 0 spiro atoms. The molecular weight excluding hydrogens is 222 g/mol. The van der Waals surface area contributed by atoms with Crippen molar-refractivity contribution >= 4 is 17.1 Å². The van der Waals surface area contributed by atoms with Crippen molar-refractivity contribution in [3.8, 4) is 0 Å². The molecule has 0 saturated heterocycles. The largest absolute Gasteiger partial charge is 0.375 e. The molecule has 1 aromatic rings. The van der Waals surface area contributed by atoms with E-state index in [1.165, 1.54) is 11.3 Å². The second kappa shape index (κ2) is 6.63. The molecule has 15 heavy (non-hydrogen) atoms. The number of Topliss-reactive ketones (excluding diaryl/α,β-unsaturated/α-hetero) is 1. The fraction of sp³-hybridized carbons (Fsp3) is 0.500. The number of rotatable bonds is 7. The van der Waals surface area contributed by atoms with Gasteiger partial charge in [0.25, 0.3) is 6.43 Å². The van der Waals surface area contributed by atoms with Gasteiger partial charge in [0.1, 0.15) is 12.4 Å². The van der Waals surface area contributed by atoms with Gasteiger partial charge in [-0.15, -0.1) is 11.3 Å². The van der Waals surface area contributed by atoms with Gasteiger partial charge in [-0.2, -0.15) is 0 Å².